The predicted octanol–water partition coefficient (Wildman–Crippen LogP) is 3.81. The zero-order valence-electron chi connectivity index (χ0n) is 15.0. The third kappa shape index (κ3) is 4.89. The van der Waals surface area contributed by atoms with Crippen LogP contribution in [0.2, 0.25) is 0 Å². The number of hydrogen-bond acceptors (Lipinski definition) is 4. The topological polar surface area (TPSA) is 66.9 Å². The molecule has 0 atom stereocenters. The molecule has 0 spiro atoms. The van der Waals surface area contributed by atoms with Gasteiger partial charge >= 0.3 is 0 Å². The van der Waals surface area contributed by atoms with E-state index in [2.05, 4.69) is 26.7 Å². The van der Waals surface area contributed by atoms with Gasteiger partial charge in [0, 0.05) is 24.6 Å². The Kier molecular flexibility index (Phi) is 5.59. The molecule has 1 aromatic heterocycles. The number of rotatable bonds is 6. The summed E-state index contributed by atoms with van der Waals surface area (Å²) in [5, 5.41) is 6.05. The van der Waals surface area contributed by atoms with E-state index in [4.69, 9.17) is 0 Å². The number of carbonyl (C=O) groups is 1. The molecule has 1 amide bonds. The van der Waals surface area contributed by atoms with E-state index in [1.165, 1.54) is 29.1 Å². The Bertz CT molecular complexity index is 856. The summed E-state index contributed by atoms with van der Waals surface area (Å²) in [6, 6.07) is 16.2. The van der Waals surface area contributed by atoms with E-state index in [0.717, 1.165) is 12.1 Å². The highest BCUT2D eigenvalue weighted by molar-refractivity contribution is 5.93. The molecule has 2 N–H and O–H groups in total. The zero-order chi connectivity index (χ0) is 18.4. The lowest BCUT2D eigenvalue weighted by atomic mass is 10.1. The second-order valence-electron chi connectivity index (χ2n) is 6.29. The highest BCUT2D eigenvalue weighted by Crippen LogP contribution is 2.17. The van der Waals surface area contributed by atoms with Crippen LogP contribution < -0.4 is 10.6 Å². The summed E-state index contributed by atoms with van der Waals surface area (Å²) >= 11 is 0. The molecule has 0 unspecified atom stereocenters. The van der Waals surface area contributed by atoms with Crippen LogP contribution in [0.15, 0.2) is 60.9 Å². The molecule has 3 rings (SSSR count). The summed E-state index contributed by atoms with van der Waals surface area (Å²) in [7, 11) is 0. The van der Waals surface area contributed by atoms with Crippen LogP contribution >= 0.6 is 0 Å². The van der Waals surface area contributed by atoms with E-state index in [1.807, 2.05) is 56.3 Å². The molecular formula is C21H22N4O. The first-order valence-corrected chi connectivity index (χ1v) is 8.59. The summed E-state index contributed by atoms with van der Waals surface area (Å²) in [6.45, 7) is 4.66. The van der Waals surface area contributed by atoms with Crippen molar-refractivity contribution in [1.82, 2.24) is 15.3 Å². The molecule has 1 heterocycles. The van der Waals surface area contributed by atoms with Crippen LogP contribution in [0.3, 0.4) is 0 Å². The zero-order valence-corrected chi connectivity index (χ0v) is 15.0. The maximum atomic E-state index is 12.2. The smallest absolute Gasteiger partial charge is 0.254 e. The maximum Gasteiger partial charge on any atom is 0.254 e. The van der Waals surface area contributed by atoms with Crippen LogP contribution in [0, 0.1) is 13.8 Å². The third-order valence-electron chi connectivity index (χ3n) is 3.93. The number of carbonyl (C=O) groups excluding carboxylic acids is 1. The molecule has 0 aliphatic carbocycles. The van der Waals surface area contributed by atoms with Crippen molar-refractivity contribution in [2.24, 2.45) is 0 Å². The average molecular weight is 346 g/mol. The number of hydrogen-bond donors (Lipinski definition) is 2. The Labute approximate surface area is 153 Å². The van der Waals surface area contributed by atoms with Crippen molar-refractivity contribution >= 4 is 17.5 Å². The standard InChI is InChI=1S/C21H22N4O/c1-15-10-16(2)12-19(11-15)25-21-23-13-18(14-24-21)20(26)22-9-8-17-6-4-3-5-7-17/h3-7,10-14H,8-9H2,1-2H3,(H,22,26)(H,23,24,25). The van der Waals surface area contributed by atoms with Crippen LogP contribution in [0.25, 0.3) is 0 Å². The van der Waals surface area contributed by atoms with E-state index in [0.29, 0.717) is 18.1 Å². The normalized spacial score (nSPS) is 10.4. The summed E-state index contributed by atoms with van der Waals surface area (Å²) in [6.07, 6.45) is 3.87. The number of amides is 1. The molecule has 0 bridgehead atoms. The van der Waals surface area contributed by atoms with Gasteiger partial charge in [-0.2, -0.15) is 0 Å². The Balaban J connectivity index is 1.55. The van der Waals surface area contributed by atoms with Gasteiger partial charge in [0.05, 0.1) is 5.56 Å². The van der Waals surface area contributed by atoms with Crippen LogP contribution in [0.1, 0.15) is 27.0 Å². The highest BCUT2D eigenvalue weighted by atomic mass is 16.1. The fourth-order valence-electron chi connectivity index (χ4n) is 2.75. The average Bonchev–Trinajstić information content (AvgIpc) is 2.62. The predicted molar refractivity (Wildman–Crippen MR) is 104 cm³/mol. The molecule has 0 radical (unpaired) electrons. The molecule has 0 aliphatic rings. The van der Waals surface area contributed by atoms with Crippen molar-refractivity contribution in [1.29, 1.82) is 0 Å². The monoisotopic (exact) mass is 346 g/mol. The van der Waals surface area contributed by atoms with Gasteiger partial charge in [-0.1, -0.05) is 36.4 Å². The van der Waals surface area contributed by atoms with Gasteiger partial charge in [0.15, 0.2) is 0 Å². The van der Waals surface area contributed by atoms with Crippen molar-refractivity contribution in [3.8, 4) is 0 Å². The van der Waals surface area contributed by atoms with E-state index in [1.54, 1.807) is 0 Å². The molecule has 0 aliphatic heterocycles. The number of nitrogens with zero attached hydrogens (tertiary/aromatic N) is 2. The van der Waals surface area contributed by atoms with Gasteiger partial charge in [0.2, 0.25) is 5.95 Å². The van der Waals surface area contributed by atoms with Gasteiger partial charge in [-0.15, -0.1) is 0 Å². The lowest BCUT2D eigenvalue weighted by Gasteiger charge is -2.08. The van der Waals surface area contributed by atoms with Crippen molar-refractivity contribution in [3.05, 3.63) is 83.2 Å². The highest BCUT2D eigenvalue weighted by Gasteiger charge is 2.07. The molecule has 132 valence electrons. The Hall–Kier alpha value is -3.21. The summed E-state index contributed by atoms with van der Waals surface area (Å²) in [4.78, 5) is 20.7. The Morgan fingerprint density at radius 1 is 0.962 bits per heavy atom. The van der Waals surface area contributed by atoms with Gasteiger partial charge < -0.3 is 10.6 Å². The summed E-state index contributed by atoms with van der Waals surface area (Å²) < 4.78 is 0. The molecular weight excluding hydrogens is 324 g/mol. The molecule has 5 heteroatoms. The molecule has 0 saturated carbocycles. The van der Waals surface area contributed by atoms with Gasteiger partial charge in [0.25, 0.3) is 5.91 Å². The first kappa shape index (κ1) is 17.6. The lowest BCUT2D eigenvalue weighted by molar-refractivity contribution is 0.0953. The minimum atomic E-state index is -0.168. The fourth-order valence-corrected chi connectivity index (χ4v) is 2.75. The molecule has 0 saturated heterocycles. The number of anilines is 2. The maximum absolute atomic E-state index is 12.2. The van der Waals surface area contributed by atoms with Crippen molar-refractivity contribution in [2.45, 2.75) is 20.3 Å². The SMILES string of the molecule is Cc1cc(C)cc(Nc2ncc(C(=O)NCCc3ccccc3)cn2)c1. The van der Waals surface area contributed by atoms with Crippen LogP contribution in [0.5, 0.6) is 0 Å². The van der Waals surface area contributed by atoms with E-state index in [9.17, 15) is 4.79 Å². The fraction of sp³-hybridized carbons (Fsp3) is 0.190. The number of aromatic nitrogens is 2. The molecule has 26 heavy (non-hydrogen) atoms. The molecule has 2 aromatic carbocycles. The largest absolute Gasteiger partial charge is 0.352 e. The van der Waals surface area contributed by atoms with E-state index in [-0.39, 0.29) is 5.91 Å². The lowest BCUT2D eigenvalue weighted by Crippen LogP contribution is -2.26. The number of nitrogens with one attached hydrogen (secondary N) is 2. The second kappa shape index (κ2) is 8.25. The Morgan fingerprint density at radius 2 is 1.62 bits per heavy atom. The molecule has 0 fully saturated rings. The van der Waals surface area contributed by atoms with Gasteiger partial charge in [-0.05, 0) is 49.1 Å². The number of aryl methyl sites for hydroxylation is 2. The van der Waals surface area contributed by atoms with E-state index >= 15 is 0 Å². The van der Waals surface area contributed by atoms with Crippen LogP contribution in [-0.4, -0.2) is 22.4 Å². The summed E-state index contributed by atoms with van der Waals surface area (Å²) in [5.41, 5.74) is 4.91. The van der Waals surface area contributed by atoms with Crippen molar-refractivity contribution in [3.63, 3.8) is 0 Å². The summed E-state index contributed by atoms with van der Waals surface area (Å²) in [5.74, 6) is 0.301. The van der Waals surface area contributed by atoms with Crippen molar-refractivity contribution < 1.29 is 4.79 Å². The minimum absolute atomic E-state index is 0.168. The quantitative estimate of drug-likeness (QED) is 0.712. The minimum Gasteiger partial charge on any atom is -0.352 e. The van der Waals surface area contributed by atoms with E-state index < -0.39 is 0 Å². The van der Waals surface area contributed by atoms with Crippen LogP contribution in [0.4, 0.5) is 11.6 Å². The second-order valence-corrected chi connectivity index (χ2v) is 6.29. The molecule has 5 nitrogen and oxygen atoms in total. The van der Waals surface area contributed by atoms with Gasteiger partial charge in [-0.25, -0.2) is 9.97 Å². The Morgan fingerprint density at radius 3 is 2.27 bits per heavy atom. The van der Waals surface area contributed by atoms with Gasteiger partial charge in [-0.3, -0.25) is 4.79 Å². The van der Waals surface area contributed by atoms with Gasteiger partial charge in [0.1, 0.15) is 0 Å². The molecule has 3 aromatic rings. The first-order chi connectivity index (χ1) is 12.6. The third-order valence-corrected chi connectivity index (χ3v) is 3.93. The van der Waals surface area contributed by atoms with Crippen molar-refractivity contribution in [2.75, 3.05) is 11.9 Å². The first-order valence-electron chi connectivity index (χ1n) is 8.59. The number of benzene rings is 2. The van der Waals surface area contributed by atoms with Crippen LogP contribution in [-0.2, 0) is 6.42 Å².